The highest BCUT2D eigenvalue weighted by molar-refractivity contribution is 7.87. The number of likely N-dealkylation sites (tertiary alicyclic amines) is 1. The lowest BCUT2D eigenvalue weighted by atomic mass is 9.89. The molecule has 1 saturated heterocycles. The van der Waals surface area contributed by atoms with E-state index in [1.165, 1.54) is 5.56 Å². The Balaban J connectivity index is 1.70. The van der Waals surface area contributed by atoms with Crippen LogP contribution in [0.2, 0.25) is 0 Å². The number of nitrogens with zero attached hydrogens (tertiary/aromatic N) is 2. The minimum atomic E-state index is -3.85. The summed E-state index contributed by atoms with van der Waals surface area (Å²) >= 11 is 0. The van der Waals surface area contributed by atoms with E-state index in [0.29, 0.717) is 11.7 Å². The maximum Gasteiger partial charge on any atom is 0.339 e. The van der Waals surface area contributed by atoms with Crippen molar-refractivity contribution in [2.24, 2.45) is 0 Å². The van der Waals surface area contributed by atoms with Gasteiger partial charge in [0.2, 0.25) is 0 Å². The van der Waals surface area contributed by atoms with Gasteiger partial charge in [-0.3, -0.25) is 0 Å². The Morgan fingerprint density at radius 2 is 1.80 bits per heavy atom. The molecule has 1 aromatic heterocycles. The molecule has 0 aliphatic carbocycles. The fourth-order valence-corrected chi connectivity index (χ4v) is 5.22. The summed E-state index contributed by atoms with van der Waals surface area (Å²) in [5.74, 6) is 0.862. The van der Waals surface area contributed by atoms with Crippen LogP contribution in [0.5, 0.6) is 5.75 Å². The highest BCUT2D eigenvalue weighted by Crippen LogP contribution is 2.36. The third-order valence-corrected chi connectivity index (χ3v) is 7.29. The van der Waals surface area contributed by atoms with Crippen molar-refractivity contribution in [3.63, 3.8) is 0 Å². The smallest absolute Gasteiger partial charge is 0.339 e. The first-order chi connectivity index (χ1) is 14.5. The Hall–Kier alpha value is -2.31. The summed E-state index contributed by atoms with van der Waals surface area (Å²) in [6.07, 6.45) is 6.79. The van der Waals surface area contributed by atoms with E-state index in [1.807, 2.05) is 12.1 Å². The van der Waals surface area contributed by atoms with Gasteiger partial charge in [0.05, 0.1) is 0 Å². The molecule has 30 heavy (non-hydrogen) atoms. The Morgan fingerprint density at radius 1 is 1.07 bits per heavy atom. The Bertz CT molecular complexity index is 1100. The molecular formula is C24H30N2O3S. The number of aryl methyl sites for hydroxylation is 1. The van der Waals surface area contributed by atoms with Gasteiger partial charge < -0.3 is 13.7 Å². The number of unbranched alkanes of at least 4 members (excludes halogenated alkanes) is 1. The molecule has 6 heteroatoms. The van der Waals surface area contributed by atoms with E-state index in [1.54, 1.807) is 36.4 Å². The standard InChI is InChI=1S/C24H30N2O3S/c1-3-4-14-26-18-23(19-12-15-25(2)16-13-19)22-17-20(10-11-24(22)26)29-30(27,28)21-8-6-5-7-9-21/h5-11,17-19H,3-4,12-16H2,1-2H3. The molecule has 2 aromatic carbocycles. The number of rotatable bonds is 7. The van der Waals surface area contributed by atoms with Gasteiger partial charge in [0.25, 0.3) is 0 Å². The summed E-state index contributed by atoms with van der Waals surface area (Å²) in [4.78, 5) is 2.54. The first-order valence-electron chi connectivity index (χ1n) is 10.8. The van der Waals surface area contributed by atoms with Gasteiger partial charge in [-0.05, 0) is 81.2 Å². The van der Waals surface area contributed by atoms with Crippen molar-refractivity contribution in [2.45, 2.75) is 50.0 Å². The molecule has 0 amide bonds. The first-order valence-corrected chi connectivity index (χ1v) is 12.2. The second kappa shape index (κ2) is 8.82. The third kappa shape index (κ3) is 4.40. The minimum absolute atomic E-state index is 0.168. The highest BCUT2D eigenvalue weighted by Gasteiger charge is 2.23. The Morgan fingerprint density at radius 3 is 2.50 bits per heavy atom. The third-order valence-electron chi connectivity index (χ3n) is 6.03. The van der Waals surface area contributed by atoms with Crippen LogP contribution in [0.25, 0.3) is 10.9 Å². The number of fused-ring (bicyclic) bond motifs is 1. The average Bonchev–Trinajstić information content (AvgIpc) is 3.11. The van der Waals surface area contributed by atoms with Gasteiger partial charge in [-0.15, -0.1) is 0 Å². The molecule has 0 N–H and O–H groups in total. The molecule has 5 nitrogen and oxygen atoms in total. The fourth-order valence-electron chi connectivity index (χ4n) is 4.28. The molecule has 1 fully saturated rings. The highest BCUT2D eigenvalue weighted by atomic mass is 32.2. The lowest BCUT2D eigenvalue weighted by molar-refractivity contribution is 0.256. The zero-order valence-corrected chi connectivity index (χ0v) is 18.6. The van der Waals surface area contributed by atoms with Crippen molar-refractivity contribution < 1.29 is 12.6 Å². The second-order valence-electron chi connectivity index (χ2n) is 8.24. The quantitative estimate of drug-likeness (QED) is 0.498. The normalized spacial score (nSPS) is 16.2. The summed E-state index contributed by atoms with van der Waals surface area (Å²) < 4.78 is 33.2. The van der Waals surface area contributed by atoms with Gasteiger partial charge >= 0.3 is 10.1 Å². The SMILES string of the molecule is CCCCn1cc(C2CCN(C)CC2)c2cc(OS(=O)(=O)c3ccccc3)ccc21. The minimum Gasteiger partial charge on any atom is -0.379 e. The van der Waals surface area contributed by atoms with Crippen LogP contribution in [-0.2, 0) is 16.7 Å². The van der Waals surface area contributed by atoms with Crippen LogP contribution in [0.1, 0.15) is 44.1 Å². The van der Waals surface area contributed by atoms with E-state index < -0.39 is 10.1 Å². The number of hydrogen-bond acceptors (Lipinski definition) is 4. The topological polar surface area (TPSA) is 51.5 Å². The molecule has 0 spiro atoms. The molecular weight excluding hydrogens is 396 g/mol. The van der Waals surface area contributed by atoms with E-state index in [4.69, 9.17) is 4.18 Å². The summed E-state index contributed by atoms with van der Waals surface area (Å²) in [5.41, 5.74) is 2.47. The fraction of sp³-hybridized carbons (Fsp3) is 0.417. The van der Waals surface area contributed by atoms with Crippen LogP contribution in [-0.4, -0.2) is 38.0 Å². The van der Waals surface area contributed by atoms with Crippen LogP contribution in [0, 0.1) is 0 Å². The van der Waals surface area contributed by atoms with Gasteiger partial charge in [0.15, 0.2) is 0 Å². The zero-order chi connectivity index (χ0) is 21.1. The Labute approximate surface area is 179 Å². The van der Waals surface area contributed by atoms with Crippen molar-refractivity contribution in [1.82, 2.24) is 9.47 Å². The number of aromatic nitrogens is 1. The van der Waals surface area contributed by atoms with Crippen molar-refractivity contribution in [2.75, 3.05) is 20.1 Å². The summed E-state index contributed by atoms with van der Waals surface area (Å²) in [5, 5.41) is 1.11. The van der Waals surface area contributed by atoms with Crippen LogP contribution in [0.4, 0.5) is 0 Å². The van der Waals surface area contributed by atoms with Gasteiger partial charge in [-0.2, -0.15) is 8.42 Å². The molecule has 2 heterocycles. The van der Waals surface area contributed by atoms with Crippen molar-refractivity contribution in [3.05, 3.63) is 60.3 Å². The molecule has 0 atom stereocenters. The lowest BCUT2D eigenvalue weighted by Crippen LogP contribution is -2.29. The Kier molecular flexibility index (Phi) is 6.16. The maximum absolute atomic E-state index is 12.7. The van der Waals surface area contributed by atoms with Crippen LogP contribution in [0.15, 0.2) is 59.6 Å². The van der Waals surface area contributed by atoms with E-state index in [9.17, 15) is 8.42 Å². The van der Waals surface area contributed by atoms with Gasteiger partial charge in [0, 0.05) is 23.6 Å². The molecule has 0 unspecified atom stereocenters. The van der Waals surface area contributed by atoms with Crippen molar-refractivity contribution in [3.8, 4) is 5.75 Å². The van der Waals surface area contributed by atoms with Crippen LogP contribution < -0.4 is 4.18 Å². The monoisotopic (exact) mass is 426 g/mol. The molecule has 4 rings (SSSR count). The van der Waals surface area contributed by atoms with Gasteiger partial charge in [0.1, 0.15) is 10.6 Å². The van der Waals surface area contributed by atoms with Gasteiger partial charge in [-0.1, -0.05) is 31.5 Å². The molecule has 3 aromatic rings. The molecule has 160 valence electrons. The van der Waals surface area contributed by atoms with E-state index in [0.717, 1.165) is 56.2 Å². The predicted octanol–water partition coefficient (Wildman–Crippen LogP) is 5.02. The number of piperidine rings is 1. The van der Waals surface area contributed by atoms with Gasteiger partial charge in [-0.25, -0.2) is 0 Å². The number of benzene rings is 2. The van der Waals surface area contributed by atoms with Crippen LogP contribution >= 0.6 is 0 Å². The van der Waals surface area contributed by atoms with Crippen molar-refractivity contribution in [1.29, 1.82) is 0 Å². The molecule has 1 aliphatic heterocycles. The summed E-state index contributed by atoms with van der Waals surface area (Å²) in [7, 11) is -1.68. The van der Waals surface area contributed by atoms with E-state index in [-0.39, 0.29) is 4.90 Å². The molecule has 0 radical (unpaired) electrons. The van der Waals surface area contributed by atoms with Crippen molar-refractivity contribution >= 4 is 21.0 Å². The summed E-state index contributed by atoms with van der Waals surface area (Å²) in [6, 6.07) is 14.0. The lowest BCUT2D eigenvalue weighted by Gasteiger charge is -2.28. The number of hydrogen-bond donors (Lipinski definition) is 0. The first kappa shape index (κ1) is 20.9. The van der Waals surface area contributed by atoms with E-state index >= 15 is 0 Å². The summed E-state index contributed by atoms with van der Waals surface area (Å²) in [6.45, 7) is 5.35. The average molecular weight is 427 g/mol. The maximum atomic E-state index is 12.7. The molecule has 0 saturated carbocycles. The van der Waals surface area contributed by atoms with Crippen LogP contribution in [0.3, 0.4) is 0 Å². The van der Waals surface area contributed by atoms with E-state index in [2.05, 4.69) is 29.6 Å². The molecule has 0 bridgehead atoms. The largest absolute Gasteiger partial charge is 0.379 e. The second-order valence-corrected chi connectivity index (χ2v) is 9.78. The zero-order valence-electron chi connectivity index (χ0n) is 17.8. The molecule has 1 aliphatic rings. The predicted molar refractivity (Wildman–Crippen MR) is 121 cm³/mol.